The predicted octanol–water partition coefficient (Wildman–Crippen LogP) is -0.810. The van der Waals surface area contributed by atoms with Crippen LogP contribution in [0.1, 0.15) is 20.8 Å². The molecule has 0 bridgehead atoms. The van der Waals surface area contributed by atoms with E-state index in [1.807, 2.05) is 0 Å². The molecule has 0 aliphatic rings. The van der Waals surface area contributed by atoms with E-state index in [-0.39, 0.29) is 19.1 Å². The number of carbonyl (C=O) groups excluding carboxylic acids is 3. The highest BCUT2D eigenvalue weighted by molar-refractivity contribution is 5.87. The fourth-order valence-electron chi connectivity index (χ4n) is 0.823. The number of nitrogens with one attached hydrogen (secondary N) is 2. The van der Waals surface area contributed by atoms with E-state index in [2.05, 4.69) is 15.4 Å². The molecule has 15 heavy (non-hydrogen) atoms. The highest BCUT2D eigenvalue weighted by Gasteiger charge is 2.16. The molecule has 2 N–H and O–H groups in total. The zero-order valence-corrected chi connectivity index (χ0v) is 9.12. The van der Waals surface area contributed by atoms with E-state index in [0.29, 0.717) is 0 Å². The molecular formula is C9H16N2O4. The molecular weight excluding hydrogens is 200 g/mol. The van der Waals surface area contributed by atoms with Crippen LogP contribution in [0.15, 0.2) is 0 Å². The van der Waals surface area contributed by atoms with Crippen LogP contribution in [0.3, 0.4) is 0 Å². The lowest BCUT2D eigenvalue weighted by atomic mass is 10.3. The standard InChI is InChI=1S/C9H16N2O4/c1-4-15-9(14)6(2)11-8(13)5-10-7(3)12/h6H,4-5H2,1-3H3,(H,10,12)(H,11,13)/t6-/m0/s1. The van der Waals surface area contributed by atoms with Crippen LogP contribution in [0.25, 0.3) is 0 Å². The lowest BCUT2D eigenvalue weighted by molar-refractivity contribution is -0.146. The second-order valence-electron chi connectivity index (χ2n) is 2.95. The van der Waals surface area contributed by atoms with Gasteiger partial charge >= 0.3 is 5.97 Å². The quantitative estimate of drug-likeness (QED) is 0.589. The fourth-order valence-corrected chi connectivity index (χ4v) is 0.823. The predicted molar refractivity (Wildman–Crippen MR) is 52.9 cm³/mol. The summed E-state index contributed by atoms with van der Waals surface area (Å²) in [5, 5.41) is 4.71. The number of hydrogen-bond acceptors (Lipinski definition) is 4. The second kappa shape index (κ2) is 6.80. The third kappa shape index (κ3) is 6.48. The van der Waals surface area contributed by atoms with Gasteiger partial charge in [-0.1, -0.05) is 0 Å². The van der Waals surface area contributed by atoms with E-state index < -0.39 is 17.9 Å². The van der Waals surface area contributed by atoms with Crippen molar-refractivity contribution in [2.75, 3.05) is 13.2 Å². The van der Waals surface area contributed by atoms with Crippen LogP contribution < -0.4 is 10.6 Å². The summed E-state index contributed by atoms with van der Waals surface area (Å²) in [6.45, 7) is 4.64. The minimum absolute atomic E-state index is 0.140. The van der Waals surface area contributed by atoms with Gasteiger partial charge in [0.25, 0.3) is 0 Å². The van der Waals surface area contributed by atoms with Crippen LogP contribution in [0.4, 0.5) is 0 Å². The van der Waals surface area contributed by atoms with Crippen LogP contribution in [-0.2, 0) is 19.1 Å². The first-order valence-corrected chi connectivity index (χ1v) is 4.67. The van der Waals surface area contributed by atoms with Gasteiger partial charge in [0.1, 0.15) is 6.04 Å². The number of hydrogen-bond donors (Lipinski definition) is 2. The highest BCUT2D eigenvalue weighted by atomic mass is 16.5. The average molecular weight is 216 g/mol. The van der Waals surface area contributed by atoms with Crippen molar-refractivity contribution in [3.63, 3.8) is 0 Å². The Balaban J connectivity index is 3.85. The maximum atomic E-state index is 11.1. The monoisotopic (exact) mass is 216 g/mol. The zero-order chi connectivity index (χ0) is 11.8. The molecule has 0 saturated carbocycles. The Bertz CT molecular complexity index is 252. The number of ether oxygens (including phenoxy) is 1. The molecule has 0 aromatic heterocycles. The molecule has 0 radical (unpaired) electrons. The molecule has 0 rings (SSSR count). The SMILES string of the molecule is CCOC(=O)[C@H](C)NC(=O)CNC(C)=O. The van der Waals surface area contributed by atoms with Crippen LogP contribution in [0.2, 0.25) is 0 Å². The van der Waals surface area contributed by atoms with Gasteiger partial charge in [-0.2, -0.15) is 0 Å². The van der Waals surface area contributed by atoms with Crippen molar-refractivity contribution < 1.29 is 19.1 Å². The summed E-state index contributed by atoms with van der Waals surface area (Å²) in [4.78, 5) is 32.7. The first kappa shape index (κ1) is 13.4. The number of esters is 1. The molecule has 1 atom stereocenters. The summed E-state index contributed by atoms with van der Waals surface area (Å²) in [7, 11) is 0. The Kier molecular flexibility index (Phi) is 6.08. The molecule has 0 unspecified atom stereocenters. The van der Waals surface area contributed by atoms with E-state index in [1.54, 1.807) is 6.92 Å². The van der Waals surface area contributed by atoms with E-state index >= 15 is 0 Å². The lowest BCUT2D eigenvalue weighted by Crippen LogP contribution is -2.44. The normalized spacial score (nSPS) is 11.4. The number of rotatable bonds is 5. The molecule has 2 amide bonds. The average Bonchev–Trinajstić information content (AvgIpc) is 2.15. The van der Waals surface area contributed by atoms with Gasteiger partial charge in [0, 0.05) is 6.92 Å². The van der Waals surface area contributed by atoms with Gasteiger partial charge in [0.05, 0.1) is 13.2 Å². The van der Waals surface area contributed by atoms with Crippen LogP contribution >= 0.6 is 0 Å². The van der Waals surface area contributed by atoms with Gasteiger partial charge in [-0.05, 0) is 13.8 Å². The summed E-state index contributed by atoms with van der Waals surface area (Å²) in [6, 6.07) is -0.703. The third-order valence-corrected chi connectivity index (χ3v) is 1.52. The van der Waals surface area contributed by atoms with E-state index in [4.69, 9.17) is 0 Å². The van der Waals surface area contributed by atoms with Gasteiger partial charge in [0.15, 0.2) is 0 Å². The van der Waals surface area contributed by atoms with Crippen LogP contribution in [0.5, 0.6) is 0 Å². The van der Waals surface area contributed by atoms with Gasteiger partial charge < -0.3 is 15.4 Å². The molecule has 0 spiro atoms. The zero-order valence-electron chi connectivity index (χ0n) is 9.12. The lowest BCUT2D eigenvalue weighted by Gasteiger charge is -2.12. The van der Waals surface area contributed by atoms with E-state index in [9.17, 15) is 14.4 Å². The summed E-state index contributed by atoms with van der Waals surface area (Å²) < 4.78 is 4.69. The number of amides is 2. The summed E-state index contributed by atoms with van der Waals surface area (Å²) in [5.74, 6) is -1.21. The molecule has 0 aromatic rings. The molecule has 0 aromatic carbocycles. The molecule has 0 heterocycles. The van der Waals surface area contributed by atoms with Crippen molar-refractivity contribution in [3.8, 4) is 0 Å². The second-order valence-corrected chi connectivity index (χ2v) is 2.95. The van der Waals surface area contributed by atoms with Crippen LogP contribution in [0, 0.1) is 0 Å². The molecule has 0 aliphatic heterocycles. The molecule has 0 fully saturated rings. The van der Waals surface area contributed by atoms with Crippen molar-refractivity contribution >= 4 is 17.8 Å². The summed E-state index contributed by atoms with van der Waals surface area (Å²) in [6.07, 6.45) is 0. The topological polar surface area (TPSA) is 84.5 Å². The fraction of sp³-hybridized carbons (Fsp3) is 0.667. The molecule has 6 nitrogen and oxygen atoms in total. The summed E-state index contributed by atoms with van der Waals surface area (Å²) >= 11 is 0. The Labute approximate surface area is 88.4 Å². The maximum absolute atomic E-state index is 11.1. The molecule has 6 heteroatoms. The van der Waals surface area contributed by atoms with Crippen molar-refractivity contribution in [3.05, 3.63) is 0 Å². The molecule has 0 aliphatic carbocycles. The third-order valence-electron chi connectivity index (χ3n) is 1.52. The smallest absolute Gasteiger partial charge is 0.328 e. The van der Waals surface area contributed by atoms with Crippen LogP contribution in [-0.4, -0.2) is 37.0 Å². The van der Waals surface area contributed by atoms with Crippen molar-refractivity contribution in [1.82, 2.24) is 10.6 Å². The van der Waals surface area contributed by atoms with E-state index in [0.717, 1.165) is 0 Å². The Morgan fingerprint density at radius 1 is 1.33 bits per heavy atom. The van der Waals surface area contributed by atoms with Crippen molar-refractivity contribution in [2.24, 2.45) is 0 Å². The minimum atomic E-state index is -0.703. The highest BCUT2D eigenvalue weighted by Crippen LogP contribution is 1.87. The van der Waals surface area contributed by atoms with E-state index in [1.165, 1.54) is 13.8 Å². The largest absolute Gasteiger partial charge is 0.464 e. The number of carbonyl (C=O) groups is 3. The van der Waals surface area contributed by atoms with Gasteiger partial charge in [-0.25, -0.2) is 4.79 Å². The molecule has 86 valence electrons. The molecule has 0 saturated heterocycles. The first-order valence-electron chi connectivity index (χ1n) is 4.67. The van der Waals surface area contributed by atoms with Crippen molar-refractivity contribution in [1.29, 1.82) is 0 Å². The van der Waals surface area contributed by atoms with Gasteiger partial charge in [-0.3, -0.25) is 9.59 Å². The Hall–Kier alpha value is -1.59. The Morgan fingerprint density at radius 2 is 1.93 bits per heavy atom. The van der Waals surface area contributed by atoms with Gasteiger partial charge in [-0.15, -0.1) is 0 Å². The van der Waals surface area contributed by atoms with Gasteiger partial charge in [0.2, 0.25) is 11.8 Å². The maximum Gasteiger partial charge on any atom is 0.328 e. The minimum Gasteiger partial charge on any atom is -0.464 e. The van der Waals surface area contributed by atoms with Crippen molar-refractivity contribution in [2.45, 2.75) is 26.8 Å². The Morgan fingerprint density at radius 3 is 2.40 bits per heavy atom. The summed E-state index contributed by atoms with van der Waals surface area (Å²) in [5.41, 5.74) is 0. The first-order chi connectivity index (χ1) is 6.97.